The van der Waals surface area contributed by atoms with Gasteiger partial charge in [-0.1, -0.05) is 13.8 Å². The van der Waals surface area contributed by atoms with E-state index in [1.807, 2.05) is 13.8 Å². The fraction of sp³-hybridized carbons (Fsp3) is 0.773. The lowest BCUT2D eigenvalue weighted by atomic mass is 10.0. The van der Waals surface area contributed by atoms with E-state index >= 15 is 0 Å². The number of amides is 4. The molecule has 34 heavy (non-hydrogen) atoms. The predicted octanol–water partition coefficient (Wildman–Crippen LogP) is -1.20. The molecule has 194 valence electrons. The van der Waals surface area contributed by atoms with Crippen molar-refractivity contribution in [2.45, 2.75) is 89.4 Å². The third-order valence-electron chi connectivity index (χ3n) is 5.76. The molecule has 1 aliphatic rings. The topological polar surface area (TPSA) is 211 Å². The molecular weight excluding hydrogens is 444 g/mol. The number of primary amides is 1. The lowest BCUT2D eigenvalue weighted by molar-refractivity contribution is -0.149. The Morgan fingerprint density at radius 2 is 1.68 bits per heavy atom. The van der Waals surface area contributed by atoms with Crippen molar-refractivity contribution in [3.63, 3.8) is 0 Å². The summed E-state index contributed by atoms with van der Waals surface area (Å²) in [7, 11) is 0. The summed E-state index contributed by atoms with van der Waals surface area (Å²) in [5.74, 6) is -3.23. The second kappa shape index (κ2) is 14.5. The highest BCUT2D eigenvalue weighted by atomic mass is 16.4. The van der Waals surface area contributed by atoms with E-state index in [-0.39, 0.29) is 18.8 Å². The molecule has 0 radical (unpaired) electrons. The summed E-state index contributed by atoms with van der Waals surface area (Å²) in [6.07, 6.45) is 2.72. The van der Waals surface area contributed by atoms with Gasteiger partial charge in [0.15, 0.2) is 0 Å². The molecule has 4 atom stereocenters. The van der Waals surface area contributed by atoms with Crippen molar-refractivity contribution < 1.29 is 29.1 Å². The van der Waals surface area contributed by atoms with Gasteiger partial charge in [0.25, 0.3) is 0 Å². The molecule has 12 heteroatoms. The number of aliphatic carboxylic acids is 1. The summed E-state index contributed by atoms with van der Waals surface area (Å²) in [6.45, 7) is 4.49. The Bertz CT molecular complexity index is 731. The first-order valence-electron chi connectivity index (χ1n) is 11.9. The van der Waals surface area contributed by atoms with E-state index in [9.17, 15) is 29.1 Å². The van der Waals surface area contributed by atoms with Crippen LogP contribution in [0.5, 0.6) is 0 Å². The van der Waals surface area contributed by atoms with Crippen LogP contribution in [0.2, 0.25) is 0 Å². The van der Waals surface area contributed by atoms with Gasteiger partial charge in [-0.2, -0.15) is 0 Å². The Morgan fingerprint density at radius 1 is 1.03 bits per heavy atom. The molecule has 0 spiro atoms. The van der Waals surface area contributed by atoms with E-state index in [4.69, 9.17) is 17.2 Å². The highest BCUT2D eigenvalue weighted by molar-refractivity contribution is 5.94. The molecule has 0 bridgehead atoms. The Hall–Kier alpha value is -2.73. The molecule has 0 saturated carbocycles. The average molecular weight is 485 g/mol. The van der Waals surface area contributed by atoms with E-state index in [2.05, 4.69) is 10.6 Å². The molecule has 1 heterocycles. The SMILES string of the molecule is CC(C)CC(NC(=O)C(N)CCC(N)=O)C(=O)NC(CCCCN)C(=O)N1CCCC1C(=O)O. The van der Waals surface area contributed by atoms with Gasteiger partial charge in [-0.05, 0) is 57.4 Å². The highest BCUT2D eigenvalue weighted by Gasteiger charge is 2.38. The molecule has 1 saturated heterocycles. The first-order valence-corrected chi connectivity index (χ1v) is 11.9. The monoisotopic (exact) mass is 484 g/mol. The number of hydrogen-bond donors (Lipinski definition) is 6. The summed E-state index contributed by atoms with van der Waals surface area (Å²) in [5, 5.41) is 14.8. The van der Waals surface area contributed by atoms with Gasteiger partial charge in [0, 0.05) is 13.0 Å². The van der Waals surface area contributed by atoms with Crippen LogP contribution in [-0.2, 0) is 24.0 Å². The van der Waals surface area contributed by atoms with Gasteiger partial charge in [0.1, 0.15) is 18.1 Å². The minimum atomic E-state index is -1.08. The van der Waals surface area contributed by atoms with Crippen molar-refractivity contribution >= 4 is 29.6 Å². The molecule has 9 N–H and O–H groups in total. The van der Waals surface area contributed by atoms with Gasteiger partial charge in [0.2, 0.25) is 23.6 Å². The summed E-state index contributed by atoms with van der Waals surface area (Å²) in [5.41, 5.74) is 16.5. The predicted molar refractivity (Wildman–Crippen MR) is 125 cm³/mol. The largest absolute Gasteiger partial charge is 0.480 e. The number of hydrogen-bond acceptors (Lipinski definition) is 7. The van der Waals surface area contributed by atoms with Crippen LogP contribution in [0, 0.1) is 5.92 Å². The number of carboxylic acids is 1. The summed E-state index contributed by atoms with van der Waals surface area (Å²) >= 11 is 0. The Balaban J connectivity index is 2.96. The van der Waals surface area contributed by atoms with Gasteiger partial charge >= 0.3 is 5.97 Å². The summed E-state index contributed by atoms with van der Waals surface area (Å²) < 4.78 is 0. The van der Waals surface area contributed by atoms with Crippen molar-refractivity contribution in [3.8, 4) is 0 Å². The molecule has 0 aliphatic carbocycles. The normalized spacial score (nSPS) is 18.3. The number of nitrogens with one attached hydrogen (secondary N) is 2. The zero-order valence-electron chi connectivity index (χ0n) is 20.1. The molecule has 4 unspecified atom stereocenters. The second-order valence-corrected chi connectivity index (χ2v) is 9.18. The Kier molecular flexibility index (Phi) is 12.5. The van der Waals surface area contributed by atoms with Crippen LogP contribution < -0.4 is 27.8 Å². The number of carbonyl (C=O) groups is 5. The number of rotatable bonds is 15. The number of carboxylic acid groups (broad SMARTS) is 1. The van der Waals surface area contributed by atoms with Crippen molar-refractivity contribution in [3.05, 3.63) is 0 Å². The zero-order chi connectivity index (χ0) is 25.8. The number of nitrogens with zero attached hydrogens (tertiary/aromatic N) is 1. The fourth-order valence-electron chi connectivity index (χ4n) is 3.92. The maximum Gasteiger partial charge on any atom is 0.326 e. The molecule has 1 rings (SSSR count). The smallest absolute Gasteiger partial charge is 0.326 e. The van der Waals surface area contributed by atoms with E-state index in [1.54, 1.807) is 0 Å². The molecule has 0 aromatic carbocycles. The first-order chi connectivity index (χ1) is 16.0. The van der Waals surface area contributed by atoms with Crippen LogP contribution in [0.3, 0.4) is 0 Å². The van der Waals surface area contributed by atoms with Crippen LogP contribution in [0.1, 0.15) is 65.2 Å². The minimum Gasteiger partial charge on any atom is -0.480 e. The van der Waals surface area contributed by atoms with Gasteiger partial charge in [0.05, 0.1) is 6.04 Å². The van der Waals surface area contributed by atoms with Crippen molar-refractivity contribution in [1.82, 2.24) is 15.5 Å². The maximum atomic E-state index is 13.2. The minimum absolute atomic E-state index is 0.0410. The third-order valence-corrected chi connectivity index (χ3v) is 5.76. The van der Waals surface area contributed by atoms with E-state index in [1.165, 1.54) is 4.90 Å². The van der Waals surface area contributed by atoms with Gasteiger partial charge in [-0.15, -0.1) is 0 Å². The quantitative estimate of drug-likeness (QED) is 0.155. The van der Waals surface area contributed by atoms with Crippen LogP contribution in [0.15, 0.2) is 0 Å². The zero-order valence-corrected chi connectivity index (χ0v) is 20.1. The van der Waals surface area contributed by atoms with E-state index in [0.29, 0.717) is 51.6 Å². The van der Waals surface area contributed by atoms with Gasteiger partial charge < -0.3 is 37.8 Å². The number of likely N-dealkylation sites (tertiary alicyclic amines) is 1. The molecular formula is C22H40N6O6. The van der Waals surface area contributed by atoms with Crippen molar-refractivity contribution in [2.75, 3.05) is 13.1 Å². The third kappa shape index (κ3) is 9.64. The molecule has 0 aromatic heterocycles. The van der Waals surface area contributed by atoms with Crippen LogP contribution >= 0.6 is 0 Å². The second-order valence-electron chi connectivity index (χ2n) is 9.18. The highest BCUT2D eigenvalue weighted by Crippen LogP contribution is 2.20. The first kappa shape index (κ1) is 29.3. The Morgan fingerprint density at radius 3 is 2.24 bits per heavy atom. The van der Waals surface area contributed by atoms with Crippen LogP contribution in [-0.4, -0.2) is 76.9 Å². The maximum absolute atomic E-state index is 13.2. The molecule has 1 aliphatic heterocycles. The van der Waals surface area contributed by atoms with Crippen LogP contribution in [0.4, 0.5) is 0 Å². The van der Waals surface area contributed by atoms with Gasteiger partial charge in [-0.25, -0.2) is 4.79 Å². The van der Waals surface area contributed by atoms with Crippen molar-refractivity contribution in [2.24, 2.45) is 23.1 Å². The lowest BCUT2D eigenvalue weighted by Gasteiger charge is -2.29. The molecule has 4 amide bonds. The molecule has 12 nitrogen and oxygen atoms in total. The number of nitrogens with two attached hydrogens (primary N) is 3. The standard InChI is InChI=1S/C22H40N6O6/c1-13(2)12-16(27-19(30)14(24)8-9-18(25)29)20(31)26-15(6-3-4-10-23)21(32)28-11-5-7-17(28)22(33)34/h13-17H,3-12,23-24H2,1-2H3,(H2,25,29)(H,26,31)(H,27,30)(H,33,34). The summed E-state index contributed by atoms with van der Waals surface area (Å²) in [4.78, 5) is 62.6. The van der Waals surface area contributed by atoms with Crippen molar-refractivity contribution in [1.29, 1.82) is 0 Å². The van der Waals surface area contributed by atoms with Gasteiger partial charge in [-0.3, -0.25) is 19.2 Å². The number of unbranched alkanes of at least 4 members (excludes halogenated alkanes) is 1. The fourth-order valence-corrected chi connectivity index (χ4v) is 3.92. The molecule has 1 fully saturated rings. The molecule has 0 aromatic rings. The average Bonchev–Trinajstić information content (AvgIpc) is 3.25. The lowest BCUT2D eigenvalue weighted by Crippen LogP contribution is -2.57. The van der Waals surface area contributed by atoms with E-state index in [0.717, 1.165) is 0 Å². The van der Waals surface area contributed by atoms with Crippen LogP contribution in [0.25, 0.3) is 0 Å². The summed E-state index contributed by atoms with van der Waals surface area (Å²) in [6, 6.07) is -3.83. The Labute approximate surface area is 200 Å². The number of carbonyl (C=O) groups excluding carboxylic acids is 4. The van der Waals surface area contributed by atoms with E-state index < -0.39 is 53.8 Å².